The smallest absolute Gasteiger partial charge is 0.345 e. The number of benzene rings is 2. The van der Waals surface area contributed by atoms with E-state index >= 15 is 0 Å². The zero-order valence-electron chi connectivity index (χ0n) is 11.4. The van der Waals surface area contributed by atoms with E-state index in [0.29, 0.717) is 17.2 Å². The number of nitrogens with one attached hydrogen (secondary N) is 1. The number of ether oxygens (including phenoxy) is 3. The zero-order valence-corrected chi connectivity index (χ0v) is 11.4. The van der Waals surface area contributed by atoms with Gasteiger partial charge in [-0.05, 0) is 24.3 Å². The van der Waals surface area contributed by atoms with Gasteiger partial charge < -0.3 is 25.3 Å². The molecule has 0 atom stereocenters. The van der Waals surface area contributed by atoms with E-state index in [4.69, 9.17) is 19.9 Å². The maximum Gasteiger partial charge on any atom is 0.345 e. The van der Waals surface area contributed by atoms with Crippen molar-refractivity contribution < 1.29 is 23.8 Å². The summed E-state index contributed by atoms with van der Waals surface area (Å²) in [5, 5.41) is 2.38. The molecule has 0 saturated carbocycles. The first-order valence-corrected chi connectivity index (χ1v) is 6.41. The fourth-order valence-corrected chi connectivity index (χ4v) is 2.01. The molecule has 0 radical (unpaired) electrons. The van der Waals surface area contributed by atoms with Gasteiger partial charge >= 0.3 is 12.0 Å². The first kappa shape index (κ1) is 13.7. The topological polar surface area (TPSA) is 99.9 Å². The Hall–Kier alpha value is -3.22. The molecule has 0 unspecified atom stereocenters. The molecular weight excluding hydrogens is 288 g/mol. The van der Waals surface area contributed by atoms with Crippen LogP contribution in [0.25, 0.3) is 0 Å². The van der Waals surface area contributed by atoms with Crippen LogP contribution in [0.2, 0.25) is 0 Å². The third-order valence-corrected chi connectivity index (χ3v) is 2.96. The normalized spacial score (nSPS) is 11.8. The predicted molar refractivity (Wildman–Crippen MR) is 77.2 cm³/mol. The number of rotatable bonds is 3. The second kappa shape index (κ2) is 5.65. The number of anilines is 1. The highest BCUT2D eigenvalue weighted by atomic mass is 16.7. The lowest BCUT2D eigenvalue weighted by molar-refractivity contribution is 0.0735. The molecule has 2 aromatic carbocycles. The van der Waals surface area contributed by atoms with E-state index in [0.717, 1.165) is 0 Å². The third kappa shape index (κ3) is 2.78. The summed E-state index contributed by atoms with van der Waals surface area (Å²) in [7, 11) is 0. The maximum atomic E-state index is 12.2. The fourth-order valence-electron chi connectivity index (χ4n) is 2.01. The number of esters is 1. The molecule has 3 N–H and O–H groups in total. The Morgan fingerprint density at radius 2 is 1.86 bits per heavy atom. The largest absolute Gasteiger partial charge is 0.454 e. The Balaban J connectivity index is 1.81. The van der Waals surface area contributed by atoms with Gasteiger partial charge in [-0.15, -0.1) is 0 Å². The monoisotopic (exact) mass is 300 g/mol. The van der Waals surface area contributed by atoms with Crippen LogP contribution in [0.15, 0.2) is 42.5 Å². The summed E-state index contributed by atoms with van der Waals surface area (Å²) in [6, 6.07) is 10.5. The molecule has 0 bridgehead atoms. The van der Waals surface area contributed by atoms with Crippen molar-refractivity contribution in [3.05, 3.63) is 48.0 Å². The SMILES string of the molecule is NC(=O)Nc1ccccc1C(=O)Oc1ccc2c(c1)OCO2. The van der Waals surface area contributed by atoms with Crippen LogP contribution >= 0.6 is 0 Å². The summed E-state index contributed by atoms with van der Waals surface area (Å²) in [6.07, 6.45) is 0. The molecule has 0 saturated heterocycles. The standard InChI is InChI=1S/C15H12N2O5/c16-15(19)17-11-4-2-1-3-10(11)14(18)22-9-5-6-12-13(7-9)21-8-20-12/h1-7H,8H2,(H3,16,17,19). The second-order valence-corrected chi connectivity index (χ2v) is 4.44. The van der Waals surface area contributed by atoms with Gasteiger partial charge in [-0.25, -0.2) is 9.59 Å². The Labute approximate surface area is 125 Å². The second-order valence-electron chi connectivity index (χ2n) is 4.44. The maximum absolute atomic E-state index is 12.2. The van der Waals surface area contributed by atoms with Crippen LogP contribution in [0.3, 0.4) is 0 Å². The van der Waals surface area contributed by atoms with Gasteiger partial charge in [0.1, 0.15) is 5.75 Å². The van der Waals surface area contributed by atoms with Crippen molar-refractivity contribution >= 4 is 17.7 Å². The minimum Gasteiger partial charge on any atom is -0.454 e. The van der Waals surface area contributed by atoms with Gasteiger partial charge in [0.05, 0.1) is 11.3 Å². The van der Waals surface area contributed by atoms with Crippen molar-refractivity contribution in [2.24, 2.45) is 5.73 Å². The van der Waals surface area contributed by atoms with E-state index in [9.17, 15) is 9.59 Å². The lowest BCUT2D eigenvalue weighted by Crippen LogP contribution is -2.21. The van der Waals surface area contributed by atoms with E-state index in [-0.39, 0.29) is 18.0 Å². The van der Waals surface area contributed by atoms with Crippen LogP contribution in [0.5, 0.6) is 17.2 Å². The van der Waals surface area contributed by atoms with Gasteiger partial charge in [0.2, 0.25) is 6.79 Å². The lowest BCUT2D eigenvalue weighted by atomic mass is 10.2. The Morgan fingerprint density at radius 3 is 2.68 bits per heavy atom. The number of primary amides is 1. The van der Waals surface area contributed by atoms with Crippen molar-refractivity contribution in [1.82, 2.24) is 0 Å². The number of nitrogens with two attached hydrogens (primary N) is 1. The molecule has 22 heavy (non-hydrogen) atoms. The molecule has 1 heterocycles. The average molecular weight is 300 g/mol. The molecule has 2 amide bonds. The van der Waals surface area contributed by atoms with E-state index in [2.05, 4.69) is 5.32 Å². The summed E-state index contributed by atoms with van der Waals surface area (Å²) in [6.45, 7) is 0.137. The van der Waals surface area contributed by atoms with E-state index in [1.807, 2.05) is 0 Å². The minimum absolute atomic E-state index is 0.137. The highest BCUT2D eigenvalue weighted by Gasteiger charge is 2.18. The molecule has 0 fully saturated rings. The van der Waals surface area contributed by atoms with Crippen molar-refractivity contribution in [3.8, 4) is 17.2 Å². The summed E-state index contributed by atoms with van der Waals surface area (Å²) < 4.78 is 15.7. The number of urea groups is 1. The lowest BCUT2D eigenvalue weighted by Gasteiger charge is -2.09. The quantitative estimate of drug-likeness (QED) is 0.668. The summed E-state index contributed by atoms with van der Waals surface area (Å²) in [5.74, 6) is 0.788. The van der Waals surface area contributed by atoms with E-state index < -0.39 is 12.0 Å². The molecule has 0 spiro atoms. The van der Waals surface area contributed by atoms with Crippen LogP contribution in [-0.4, -0.2) is 18.8 Å². The Bertz CT molecular complexity index is 744. The van der Waals surface area contributed by atoms with E-state index in [1.54, 1.807) is 36.4 Å². The third-order valence-electron chi connectivity index (χ3n) is 2.96. The first-order valence-electron chi connectivity index (χ1n) is 6.41. The number of hydrogen-bond donors (Lipinski definition) is 2. The molecular formula is C15H12N2O5. The predicted octanol–water partition coefficient (Wildman–Crippen LogP) is 2.13. The molecule has 7 nitrogen and oxygen atoms in total. The van der Waals surface area contributed by atoms with Crippen molar-refractivity contribution in [2.45, 2.75) is 0 Å². The highest BCUT2D eigenvalue weighted by molar-refractivity contribution is 6.01. The number of fused-ring (bicyclic) bond motifs is 1. The van der Waals surface area contributed by atoms with Gasteiger partial charge in [0.15, 0.2) is 11.5 Å². The highest BCUT2D eigenvalue weighted by Crippen LogP contribution is 2.35. The van der Waals surface area contributed by atoms with Gasteiger partial charge in [-0.2, -0.15) is 0 Å². The molecule has 7 heteroatoms. The van der Waals surface area contributed by atoms with Crippen LogP contribution in [0, 0.1) is 0 Å². The molecule has 2 aromatic rings. The molecule has 112 valence electrons. The summed E-state index contributed by atoms with van der Waals surface area (Å²) in [5.41, 5.74) is 5.55. The van der Waals surface area contributed by atoms with Crippen molar-refractivity contribution in [2.75, 3.05) is 12.1 Å². The first-order chi connectivity index (χ1) is 10.6. The van der Waals surface area contributed by atoms with Crippen LogP contribution in [0.1, 0.15) is 10.4 Å². The summed E-state index contributed by atoms with van der Waals surface area (Å²) >= 11 is 0. The summed E-state index contributed by atoms with van der Waals surface area (Å²) in [4.78, 5) is 23.2. The number of carbonyl (C=O) groups excluding carboxylic acids is 2. The number of amides is 2. The van der Waals surface area contributed by atoms with Crippen molar-refractivity contribution in [1.29, 1.82) is 0 Å². The zero-order chi connectivity index (χ0) is 15.5. The minimum atomic E-state index is -0.761. The molecule has 0 aliphatic carbocycles. The van der Waals surface area contributed by atoms with Crippen LogP contribution in [0.4, 0.5) is 10.5 Å². The number of hydrogen-bond acceptors (Lipinski definition) is 5. The number of carbonyl (C=O) groups is 2. The molecule has 0 aromatic heterocycles. The molecule has 1 aliphatic rings. The Kier molecular flexibility index (Phi) is 3.53. The van der Waals surface area contributed by atoms with Crippen molar-refractivity contribution in [3.63, 3.8) is 0 Å². The number of para-hydroxylation sites is 1. The van der Waals surface area contributed by atoms with Crippen LogP contribution in [-0.2, 0) is 0 Å². The molecule has 1 aliphatic heterocycles. The molecule has 3 rings (SSSR count). The Morgan fingerprint density at radius 1 is 1.09 bits per heavy atom. The van der Waals surface area contributed by atoms with E-state index in [1.165, 1.54) is 6.07 Å². The van der Waals surface area contributed by atoms with Crippen LogP contribution < -0.4 is 25.3 Å². The van der Waals surface area contributed by atoms with Gasteiger partial charge in [0.25, 0.3) is 0 Å². The fraction of sp³-hybridized carbons (Fsp3) is 0.0667. The van der Waals surface area contributed by atoms with Gasteiger partial charge in [-0.3, -0.25) is 0 Å². The van der Waals surface area contributed by atoms with Gasteiger partial charge in [-0.1, -0.05) is 12.1 Å². The average Bonchev–Trinajstić information content (AvgIpc) is 2.94. The van der Waals surface area contributed by atoms with Gasteiger partial charge in [0, 0.05) is 6.07 Å².